The Morgan fingerprint density at radius 1 is 1.04 bits per heavy atom. The Morgan fingerprint density at radius 2 is 1.64 bits per heavy atom. The molecule has 0 aromatic heterocycles. The molecule has 0 aliphatic heterocycles. The van der Waals surface area contributed by atoms with Crippen LogP contribution in [0.5, 0.6) is 5.75 Å². The van der Waals surface area contributed by atoms with Crippen molar-refractivity contribution in [3.05, 3.63) is 57.5 Å². The van der Waals surface area contributed by atoms with E-state index in [0.29, 0.717) is 10.8 Å². The summed E-state index contributed by atoms with van der Waals surface area (Å²) >= 11 is 17.7. The fourth-order valence-corrected chi connectivity index (χ4v) is 2.43. The van der Waals surface area contributed by atoms with Gasteiger partial charge in [0.2, 0.25) is 0 Å². The van der Waals surface area contributed by atoms with E-state index in [0.717, 1.165) is 0 Å². The minimum atomic E-state index is -0.891. The van der Waals surface area contributed by atoms with Crippen molar-refractivity contribution in [3.63, 3.8) is 0 Å². The second-order valence-electron chi connectivity index (χ2n) is 4.97. The normalized spacial score (nSPS) is 11.5. The number of carbonyl (C=O) groups excluding carboxylic acids is 2. The van der Waals surface area contributed by atoms with E-state index in [4.69, 9.17) is 44.3 Å². The lowest BCUT2D eigenvalue weighted by Gasteiger charge is -2.14. The van der Waals surface area contributed by atoms with Gasteiger partial charge < -0.3 is 14.8 Å². The molecule has 1 atom stereocenters. The van der Waals surface area contributed by atoms with Crippen LogP contribution in [0.1, 0.15) is 6.92 Å². The first-order valence-corrected chi connectivity index (χ1v) is 8.33. The summed E-state index contributed by atoms with van der Waals surface area (Å²) in [4.78, 5) is 23.8. The molecule has 0 unspecified atom stereocenters. The molecule has 2 aromatic carbocycles. The van der Waals surface area contributed by atoms with Gasteiger partial charge in [0, 0.05) is 5.02 Å². The molecule has 0 fully saturated rings. The van der Waals surface area contributed by atoms with Crippen molar-refractivity contribution in [2.24, 2.45) is 0 Å². The van der Waals surface area contributed by atoms with Crippen molar-refractivity contribution < 1.29 is 19.1 Å². The van der Waals surface area contributed by atoms with Gasteiger partial charge in [0.1, 0.15) is 5.75 Å². The number of anilines is 1. The molecule has 2 rings (SSSR count). The van der Waals surface area contributed by atoms with E-state index >= 15 is 0 Å². The largest absolute Gasteiger partial charge is 0.479 e. The van der Waals surface area contributed by atoms with Gasteiger partial charge in [-0.15, -0.1) is 0 Å². The fraction of sp³-hybridized carbons (Fsp3) is 0.176. The minimum Gasteiger partial charge on any atom is -0.479 e. The molecule has 0 saturated carbocycles. The first kappa shape index (κ1) is 19.4. The molecule has 0 radical (unpaired) electrons. The lowest BCUT2D eigenvalue weighted by atomic mass is 10.3. The number of ether oxygens (including phenoxy) is 2. The molecule has 5 nitrogen and oxygen atoms in total. The molecule has 2 aromatic rings. The lowest BCUT2D eigenvalue weighted by molar-refractivity contribution is -0.153. The highest BCUT2D eigenvalue weighted by atomic mass is 35.5. The summed E-state index contributed by atoms with van der Waals surface area (Å²) < 4.78 is 10.3. The maximum absolute atomic E-state index is 11.9. The fourth-order valence-electron chi connectivity index (χ4n) is 1.81. The topological polar surface area (TPSA) is 64.6 Å². The first-order valence-electron chi connectivity index (χ1n) is 7.19. The van der Waals surface area contributed by atoms with Crippen molar-refractivity contribution in [1.82, 2.24) is 0 Å². The van der Waals surface area contributed by atoms with E-state index in [1.54, 1.807) is 42.5 Å². The summed E-state index contributed by atoms with van der Waals surface area (Å²) in [5, 5.41) is 3.61. The van der Waals surface area contributed by atoms with Gasteiger partial charge in [-0.2, -0.15) is 0 Å². The number of carbonyl (C=O) groups is 2. The van der Waals surface area contributed by atoms with Crippen LogP contribution in [-0.2, 0) is 14.3 Å². The summed E-state index contributed by atoms with van der Waals surface area (Å²) in [7, 11) is 0. The van der Waals surface area contributed by atoms with E-state index in [2.05, 4.69) is 5.32 Å². The quantitative estimate of drug-likeness (QED) is 0.717. The molecule has 0 saturated heterocycles. The second-order valence-corrected chi connectivity index (χ2v) is 6.22. The van der Waals surface area contributed by atoms with Crippen LogP contribution in [0.25, 0.3) is 0 Å². The van der Waals surface area contributed by atoms with Gasteiger partial charge in [0.05, 0.1) is 15.7 Å². The first-order chi connectivity index (χ1) is 11.9. The van der Waals surface area contributed by atoms with Gasteiger partial charge in [0.25, 0.3) is 5.91 Å². The molecule has 132 valence electrons. The molecular formula is C17H14Cl3NO4. The predicted octanol–water partition coefficient (Wildman–Crippen LogP) is 4.60. The van der Waals surface area contributed by atoms with Crippen LogP contribution in [0, 0.1) is 0 Å². The number of benzene rings is 2. The predicted molar refractivity (Wildman–Crippen MR) is 97.6 cm³/mol. The SMILES string of the molecule is C[C@@H](Oc1ccc(Cl)cc1)C(=O)OCC(=O)Nc1c(Cl)cccc1Cl. The van der Waals surface area contributed by atoms with Gasteiger partial charge in [-0.25, -0.2) is 4.79 Å². The third kappa shape index (κ3) is 5.81. The third-order valence-corrected chi connectivity index (χ3v) is 3.91. The van der Waals surface area contributed by atoms with Crippen molar-refractivity contribution in [2.45, 2.75) is 13.0 Å². The molecule has 0 aliphatic rings. The standard InChI is InChI=1S/C17H14Cl3NO4/c1-10(25-12-7-5-11(18)6-8-12)17(23)24-9-15(22)21-16-13(19)3-2-4-14(16)20/h2-8,10H,9H2,1H3,(H,21,22)/t10-/m1/s1. The highest BCUT2D eigenvalue weighted by molar-refractivity contribution is 6.39. The molecule has 0 bridgehead atoms. The summed E-state index contributed by atoms with van der Waals surface area (Å²) in [5.41, 5.74) is 0.261. The molecule has 25 heavy (non-hydrogen) atoms. The number of amides is 1. The number of nitrogens with one attached hydrogen (secondary N) is 1. The summed E-state index contributed by atoms with van der Waals surface area (Å²) in [6.07, 6.45) is -0.891. The van der Waals surface area contributed by atoms with Gasteiger partial charge >= 0.3 is 5.97 Å². The number of rotatable bonds is 6. The van der Waals surface area contributed by atoms with Crippen LogP contribution in [0.2, 0.25) is 15.1 Å². The Hall–Kier alpha value is -1.95. The van der Waals surface area contributed by atoms with Crippen LogP contribution in [-0.4, -0.2) is 24.6 Å². The highest BCUT2D eigenvalue weighted by Crippen LogP contribution is 2.29. The molecule has 0 heterocycles. The van der Waals surface area contributed by atoms with Crippen LogP contribution in [0.15, 0.2) is 42.5 Å². The third-order valence-electron chi connectivity index (χ3n) is 3.03. The molecule has 0 aliphatic carbocycles. The number of halogens is 3. The Bertz CT molecular complexity index is 745. The van der Waals surface area contributed by atoms with Gasteiger partial charge in [-0.3, -0.25) is 4.79 Å². The van der Waals surface area contributed by atoms with Gasteiger partial charge in [0.15, 0.2) is 12.7 Å². The number of hydrogen-bond donors (Lipinski definition) is 1. The summed E-state index contributed by atoms with van der Waals surface area (Å²) in [5.74, 6) is -0.793. The number of para-hydroxylation sites is 1. The van der Waals surface area contributed by atoms with Crippen LogP contribution in [0.4, 0.5) is 5.69 Å². The molecule has 0 spiro atoms. The zero-order chi connectivity index (χ0) is 18.4. The smallest absolute Gasteiger partial charge is 0.347 e. The Balaban J connectivity index is 1.84. The lowest BCUT2D eigenvalue weighted by Crippen LogP contribution is -2.29. The van der Waals surface area contributed by atoms with Gasteiger partial charge in [-0.05, 0) is 43.3 Å². The Kier molecular flexibility index (Phi) is 6.93. The van der Waals surface area contributed by atoms with E-state index in [9.17, 15) is 9.59 Å². The van der Waals surface area contributed by atoms with Crippen molar-refractivity contribution in [1.29, 1.82) is 0 Å². The maximum Gasteiger partial charge on any atom is 0.347 e. The number of esters is 1. The molecule has 1 amide bonds. The van der Waals surface area contributed by atoms with Crippen molar-refractivity contribution in [3.8, 4) is 5.75 Å². The van der Waals surface area contributed by atoms with Crippen LogP contribution < -0.4 is 10.1 Å². The summed E-state index contributed by atoms with van der Waals surface area (Å²) in [6, 6.07) is 11.3. The van der Waals surface area contributed by atoms with E-state index < -0.39 is 24.6 Å². The van der Waals surface area contributed by atoms with Crippen LogP contribution >= 0.6 is 34.8 Å². The highest BCUT2D eigenvalue weighted by Gasteiger charge is 2.18. The second kappa shape index (κ2) is 8.94. The van der Waals surface area contributed by atoms with E-state index in [-0.39, 0.29) is 15.7 Å². The average molecular weight is 403 g/mol. The average Bonchev–Trinajstić information content (AvgIpc) is 2.58. The van der Waals surface area contributed by atoms with Crippen LogP contribution in [0.3, 0.4) is 0 Å². The molecule has 8 heteroatoms. The number of hydrogen-bond acceptors (Lipinski definition) is 4. The van der Waals surface area contributed by atoms with E-state index in [1.807, 2.05) is 0 Å². The minimum absolute atomic E-state index is 0.261. The molecular weight excluding hydrogens is 389 g/mol. The van der Waals surface area contributed by atoms with Crippen molar-refractivity contribution >= 4 is 52.4 Å². The van der Waals surface area contributed by atoms with Crippen molar-refractivity contribution in [2.75, 3.05) is 11.9 Å². The van der Waals surface area contributed by atoms with E-state index in [1.165, 1.54) is 6.92 Å². The summed E-state index contributed by atoms with van der Waals surface area (Å²) in [6.45, 7) is 1.02. The zero-order valence-electron chi connectivity index (χ0n) is 13.1. The monoisotopic (exact) mass is 401 g/mol. The maximum atomic E-state index is 11.9. The molecule has 1 N–H and O–H groups in total. The zero-order valence-corrected chi connectivity index (χ0v) is 15.4. The van der Waals surface area contributed by atoms with Gasteiger partial charge in [-0.1, -0.05) is 40.9 Å². The Morgan fingerprint density at radius 3 is 2.24 bits per heavy atom. The Labute approximate surface area is 159 Å².